The highest BCUT2D eigenvalue weighted by molar-refractivity contribution is 5.97. The lowest BCUT2D eigenvalue weighted by molar-refractivity contribution is -0.137. The molecule has 3 aliphatic rings. The van der Waals surface area contributed by atoms with Gasteiger partial charge in [0.05, 0.1) is 11.1 Å². The second-order valence-corrected chi connectivity index (χ2v) is 8.08. The van der Waals surface area contributed by atoms with Crippen molar-refractivity contribution in [3.63, 3.8) is 0 Å². The monoisotopic (exact) mass is 387 g/mol. The van der Waals surface area contributed by atoms with Crippen LogP contribution in [0.1, 0.15) is 46.1 Å². The minimum Gasteiger partial charge on any atom is -0.386 e. The number of piperidine rings is 1. The first kappa shape index (κ1) is 17.4. The molecule has 1 saturated heterocycles. The molecule has 2 aromatic rings. The summed E-state index contributed by atoms with van der Waals surface area (Å²) >= 11 is 0. The normalized spacial score (nSPS) is 25.6. The number of allylic oxidation sites excluding steroid dienone is 1. The summed E-state index contributed by atoms with van der Waals surface area (Å²) in [5.74, 6) is 0.315. The molecule has 3 heterocycles. The maximum Gasteiger partial charge on any atom is 0.416 e. The Hall–Kier alpha value is -2.70. The lowest BCUT2D eigenvalue weighted by Crippen LogP contribution is -2.33. The molecule has 2 fully saturated rings. The van der Waals surface area contributed by atoms with Gasteiger partial charge in [0.1, 0.15) is 0 Å². The second-order valence-electron chi connectivity index (χ2n) is 8.08. The molecule has 4 nitrogen and oxygen atoms in total. The van der Waals surface area contributed by atoms with E-state index in [-0.39, 0.29) is 11.3 Å². The van der Waals surface area contributed by atoms with Gasteiger partial charge in [0.25, 0.3) is 5.91 Å². The van der Waals surface area contributed by atoms with Gasteiger partial charge in [-0.25, -0.2) is 0 Å². The molecule has 0 bridgehead atoms. The number of alkyl halides is 3. The van der Waals surface area contributed by atoms with Crippen molar-refractivity contribution in [3.05, 3.63) is 64.6 Å². The number of fused-ring (bicyclic) bond motifs is 2. The Morgan fingerprint density at radius 2 is 2.00 bits per heavy atom. The first-order chi connectivity index (χ1) is 13.3. The summed E-state index contributed by atoms with van der Waals surface area (Å²) in [7, 11) is 0. The van der Waals surface area contributed by atoms with Gasteiger partial charge in [0.15, 0.2) is 0 Å². The Morgan fingerprint density at radius 1 is 1.25 bits per heavy atom. The summed E-state index contributed by atoms with van der Waals surface area (Å²) in [6, 6.07) is 5.45. The number of H-pyrrole nitrogens is 1. The van der Waals surface area contributed by atoms with Gasteiger partial charge in [0.2, 0.25) is 0 Å². The number of nitrogens with one attached hydrogen (secondary N) is 2. The van der Waals surface area contributed by atoms with Crippen molar-refractivity contribution in [2.75, 3.05) is 13.1 Å². The maximum absolute atomic E-state index is 13.1. The van der Waals surface area contributed by atoms with Gasteiger partial charge in [-0.3, -0.25) is 4.79 Å². The van der Waals surface area contributed by atoms with E-state index in [4.69, 9.17) is 0 Å². The van der Waals surface area contributed by atoms with Crippen molar-refractivity contribution < 1.29 is 18.0 Å². The summed E-state index contributed by atoms with van der Waals surface area (Å²) in [5, 5.41) is 3.19. The van der Waals surface area contributed by atoms with Crippen LogP contribution in [-0.4, -0.2) is 28.9 Å². The standard InChI is InChI=1S/C21H20F3N3O/c1-12-7-25-8-16-17(9-26-18(12)16)19(28)27-10-15-6-20(15,11-27)13-2-4-14(5-3-13)21(22,23)24/h2-5,7,9,15,25-26H,6,8,10-11H2,1H3. The number of rotatable bonds is 2. The lowest BCUT2D eigenvalue weighted by Gasteiger charge is -2.22. The fourth-order valence-electron chi connectivity index (χ4n) is 4.80. The number of nitrogens with zero attached hydrogens (tertiary/aromatic N) is 1. The van der Waals surface area contributed by atoms with Crippen LogP contribution in [0.5, 0.6) is 0 Å². The minimum atomic E-state index is -4.33. The van der Waals surface area contributed by atoms with E-state index in [0.29, 0.717) is 31.1 Å². The molecule has 7 heteroatoms. The topological polar surface area (TPSA) is 48.1 Å². The third-order valence-corrected chi connectivity index (χ3v) is 6.43. The molecule has 2 unspecified atom stereocenters. The molecule has 2 atom stereocenters. The third-order valence-electron chi connectivity index (χ3n) is 6.43. The Balaban J connectivity index is 1.37. The van der Waals surface area contributed by atoms with Crippen LogP contribution < -0.4 is 5.32 Å². The first-order valence-corrected chi connectivity index (χ1v) is 9.37. The fraction of sp³-hybridized carbons (Fsp3) is 0.381. The van der Waals surface area contributed by atoms with Crippen LogP contribution in [0.3, 0.4) is 0 Å². The average Bonchev–Trinajstić information content (AvgIpc) is 3.03. The Bertz CT molecular complexity index is 989. The third kappa shape index (κ3) is 2.48. The second kappa shape index (κ2) is 5.65. The Kier molecular flexibility index (Phi) is 3.51. The van der Waals surface area contributed by atoms with Crippen LogP contribution in [0.2, 0.25) is 0 Å². The highest BCUT2D eigenvalue weighted by Crippen LogP contribution is 2.59. The zero-order chi connectivity index (χ0) is 19.7. The number of halogens is 3. The van der Waals surface area contributed by atoms with Gasteiger partial charge >= 0.3 is 6.18 Å². The van der Waals surface area contributed by atoms with Gasteiger partial charge in [-0.05, 0) is 42.5 Å². The van der Waals surface area contributed by atoms with Crippen LogP contribution in [0.15, 0.2) is 36.7 Å². The maximum atomic E-state index is 13.1. The van der Waals surface area contributed by atoms with E-state index >= 15 is 0 Å². The van der Waals surface area contributed by atoms with E-state index in [9.17, 15) is 18.0 Å². The van der Waals surface area contributed by atoms with E-state index in [0.717, 1.165) is 40.9 Å². The van der Waals surface area contributed by atoms with Crippen molar-refractivity contribution in [1.29, 1.82) is 0 Å². The predicted octanol–water partition coefficient (Wildman–Crippen LogP) is 3.91. The van der Waals surface area contributed by atoms with Crippen molar-refractivity contribution in [2.45, 2.75) is 31.5 Å². The molecule has 1 aromatic carbocycles. The summed E-state index contributed by atoms with van der Waals surface area (Å²) in [5.41, 5.74) is 3.79. The van der Waals surface area contributed by atoms with Gasteiger partial charge < -0.3 is 15.2 Å². The average molecular weight is 387 g/mol. The molecule has 1 aliphatic carbocycles. The first-order valence-electron chi connectivity index (χ1n) is 9.37. The summed E-state index contributed by atoms with van der Waals surface area (Å²) in [6.07, 6.45) is 0.297. The van der Waals surface area contributed by atoms with Crippen molar-refractivity contribution in [1.82, 2.24) is 15.2 Å². The molecule has 146 valence electrons. The number of hydrogen-bond donors (Lipinski definition) is 2. The molecule has 0 radical (unpaired) electrons. The summed E-state index contributed by atoms with van der Waals surface area (Å²) < 4.78 is 38.5. The molecule has 1 amide bonds. The van der Waals surface area contributed by atoms with Crippen LogP contribution in [0.25, 0.3) is 5.57 Å². The molecule has 1 aromatic heterocycles. The van der Waals surface area contributed by atoms with E-state index in [2.05, 4.69) is 10.3 Å². The predicted molar refractivity (Wildman–Crippen MR) is 98.4 cm³/mol. The highest BCUT2D eigenvalue weighted by atomic mass is 19.4. The van der Waals surface area contributed by atoms with E-state index in [1.54, 1.807) is 18.3 Å². The summed E-state index contributed by atoms with van der Waals surface area (Å²) in [4.78, 5) is 18.2. The number of likely N-dealkylation sites (tertiary alicyclic amines) is 1. The summed E-state index contributed by atoms with van der Waals surface area (Å²) in [6.45, 7) is 3.81. The molecule has 28 heavy (non-hydrogen) atoms. The number of amides is 1. The van der Waals surface area contributed by atoms with Gasteiger partial charge in [0, 0.05) is 48.7 Å². The Labute approximate surface area is 160 Å². The van der Waals surface area contributed by atoms with E-state index in [1.807, 2.05) is 18.0 Å². The van der Waals surface area contributed by atoms with Crippen LogP contribution in [-0.2, 0) is 18.1 Å². The van der Waals surface area contributed by atoms with Crippen molar-refractivity contribution in [3.8, 4) is 0 Å². The molecule has 0 spiro atoms. The quantitative estimate of drug-likeness (QED) is 0.821. The van der Waals surface area contributed by atoms with Crippen LogP contribution in [0.4, 0.5) is 13.2 Å². The number of carbonyl (C=O) groups excluding carboxylic acids is 1. The van der Waals surface area contributed by atoms with Crippen molar-refractivity contribution in [2.24, 2.45) is 5.92 Å². The molecule has 1 saturated carbocycles. The molecular formula is C21H20F3N3O. The molecule has 2 aliphatic heterocycles. The van der Waals surface area contributed by atoms with Gasteiger partial charge in [-0.1, -0.05) is 12.1 Å². The van der Waals surface area contributed by atoms with Gasteiger partial charge in [-0.2, -0.15) is 13.2 Å². The smallest absolute Gasteiger partial charge is 0.386 e. The zero-order valence-electron chi connectivity index (χ0n) is 15.4. The molecule has 2 N–H and O–H groups in total. The van der Waals surface area contributed by atoms with E-state index < -0.39 is 11.7 Å². The number of aromatic amines is 1. The SMILES string of the molecule is CC1=CNCc2c(C(=O)N3CC4CC4(c4ccc(C(F)(F)F)cc4)C3)c[nH]c21. The number of hydrogen-bond acceptors (Lipinski definition) is 2. The largest absolute Gasteiger partial charge is 0.416 e. The number of carbonyl (C=O) groups is 1. The van der Waals surface area contributed by atoms with Crippen LogP contribution in [0, 0.1) is 5.92 Å². The lowest BCUT2D eigenvalue weighted by atomic mass is 9.94. The van der Waals surface area contributed by atoms with Gasteiger partial charge in [-0.15, -0.1) is 0 Å². The fourth-order valence-corrected chi connectivity index (χ4v) is 4.80. The minimum absolute atomic E-state index is 0.00696. The number of benzene rings is 1. The highest BCUT2D eigenvalue weighted by Gasteiger charge is 2.61. The number of aromatic nitrogens is 1. The van der Waals surface area contributed by atoms with E-state index in [1.165, 1.54) is 0 Å². The van der Waals surface area contributed by atoms with Crippen molar-refractivity contribution >= 4 is 11.5 Å². The zero-order valence-corrected chi connectivity index (χ0v) is 15.4. The van der Waals surface area contributed by atoms with Crippen LogP contribution >= 0.6 is 0 Å². The molecule has 5 rings (SSSR count). The Morgan fingerprint density at radius 3 is 2.71 bits per heavy atom. The molecular weight excluding hydrogens is 367 g/mol.